The summed E-state index contributed by atoms with van der Waals surface area (Å²) in [5, 5.41) is 0. The Kier molecular flexibility index (Phi) is 3.65. The van der Waals surface area contributed by atoms with Crippen LogP contribution in [-0.2, 0) is 0 Å². The van der Waals surface area contributed by atoms with Crippen molar-refractivity contribution >= 4 is 0 Å². The molecule has 0 N–H and O–H groups in total. The Morgan fingerprint density at radius 3 is 1.88 bits per heavy atom. The van der Waals surface area contributed by atoms with Crippen molar-refractivity contribution in [3.05, 3.63) is 0 Å². The van der Waals surface area contributed by atoms with E-state index in [2.05, 4.69) is 0 Å². The molecule has 0 aromatic rings. The summed E-state index contributed by atoms with van der Waals surface area (Å²) in [4.78, 5) is 0. The van der Waals surface area contributed by atoms with Crippen LogP contribution in [0.4, 0.5) is 13.2 Å². The molecule has 0 aliphatic rings. The van der Waals surface area contributed by atoms with E-state index in [4.69, 9.17) is 0 Å². The second-order valence-electron chi connectivity index (χ2n) is 1.59. The van der Waals surface area contributed by atoms with E-state index in [-0.39, 0.29) is 6.42 Å². The summed E-state index contributed by atoms with van der Waals surface area (Å²) >= 11 is 0. The topological polar surface area (TPSA) is 0 Å². The highest BCUT2D eigenvalue weighted by molar-refractivity contribution is 4.63. The molecule has 0 aliphatic heterocycles. The summed E-state index contributed by atoms with van der Waals surface area (Å²) in [5.74, 6) is 0. The highest BCUT2D eigenvalue weighted by atomic mass is 19.2. The Hall–Kier alpha value is -0.210. The fourth-order valence-electron chi connectivity index (χ4n) is 0.352. The predicted molar refractivity (Wildman–Crippen MR) is 26.1 cm³/mol. The fraction of sp³-hybridized carbons (Fsp3) is 1.00. The molecule has 0 fully saturated rings. The number of hydrogen-bond donors (Lipinski definition) is 0. The van der Waals surface area contributed by atoms with Gasteiger partial charge in [0.2, 0.25) is 0 Å². The third-order valence-corrected chi connectivity index (χ3v) is 0.930. The zero-order valence-electron chi connectivity index (χ0n) is 4.70. The van der Waals surface area contributed by atoms with Crippen molar-refractivity contribution in [1.82, 2.24) is 0 Å². The molecule has 0 radical (unpaired) electrons. The molecule has 0 bridgehead atoms. The Morgan fingerprint density at radius 1 is 1.25 bits per heavy atom. The van der Waals surface area contributed by atoms with Gasteiger partial charge in [-0.1, -0.05) is 6.92 Å². The van der Waals surface area contributed by atoms with Crippen LogP contribution in [0.15, 0.2) is 0 Å². The van der Waals surface area contributed by atoms with E-state index >= 15 is 0 Å². The number of hydrogen-bond acceptors (Lipinski definition) is 0. The third-order valence-electron chi connectivity index (χ3n) is 0.930. The molecule has 0 aromatic carbocycles. The largest absolute Gasteiger partial charge is 0.248 e. The van der Waals surface area contributed by atoms with E-state index in [1.807, 2.05) is 0 Å². The van der Waals surface area contributed by atoms with Gasteiger partial charge in [-0.3, -0.25) is 0 Å². The second kappa shape index (κ2) is 3.75. The van der Waals surface area contributed by atoms with Crippen LogP contribution < -0.4 is 0 Å². The van der Waals surface area contributed by atoms with Gasteiger partial charge in [0.25, 0.3) is 0 Å². The first kappa shape index (κ1) is 7.79. The lowest BCUT2D eigenvalue weighted by molar-refractivity contribution is 0.134. The molecule has 50 valence electrons. The molecular weight excluding hydrogens is 117 g/mol. The van der Waals surface area contributed by atoms with Crippen LogP contribution in [0, 0.1) is 0 Å². The van der Waals surface area contributed by atoms with Crippen LogP contribution in [0.5, 0.6) is 0 Å². The van der Waals surface area contributed by atoms with Gasteiger partial charge in [0, 0.05) is 0 Å². The minimum absolute atomic E-state index is 0.0467. The quantitative estimate of drug-likeness (QED) is 0.542. The van der Waals surface area contributed by atoms with Crippen molar-refractivity contribution in [2.45, 2.75) is 25.7 Å². The lowest BCUT2D eigenvalue weighted by Gasteiger charge is -2.05. The molecule has 2 atom stereocenters. The van der Waals surface area contributed by atoms with Crippen molar-refractivity contribution in [1.29, 1.82) is 0 Å². The number of halogens is 3. The normalized spacial score (nSPS) is 18.0. The Labute approximate surface area is 46.7 Å². The minimum Gasteiger partial charge on any atom is -0.248 e. The van der Waals surface area contributed by atoms with Crippen molar-refractivity contribution in [3.63, 3.8) is 0 Å². The van der Waals surface area contributed by atoms with E-state index in [0.29, 0.717) is 0 Å². The average molecular weight is 126 g/mol. The number of alkyl halides is 3. The zero-order valence-corrected chi connectivity index (χ0v) is 4.70. The molecule has 3 heteroatoms. The maximum absolute atomic E-state index is 11.9. The van der Waals surface area contributed by atoms with Crippen molar-refractivity contribution in [2.24, 2.45) is 0 Å². The third kappa shape index (κ3) is 2.19. The van der Waals surface area contributed by atoms with Crippen molar-refractivity contribution in [2.75, 3.05) is 6.67 Å². The van der Waals surface area contributed by atoms with Gasteiger partial charge in [0.05, 0.1) is 0 Å². The Balaban J connectivity index is 3.29. The average Bonchev–Trinajstić information content (AvgIpc) is 1.84. The molecule has 0 saturated heterocycles. The van der Waals surface area contributed by atoms with Crippen LogP contribution in [0.3, 0.4) is 0 Å². The van der Waals surface area contributed by atoms with Gasteiger partial charge in [-0.25, -0.2) is 13.2 Å². The summed E-state index contributed by atoms with van der Waals surface area (Å²) in [6.45, 7) is 0.266. The van der Waals surface area contributed by atoms with Gasteiger partial charge in [0.1, 0.15) is 12.8 Å². The molecule has 0 spiro atoms. The molecular formula is C5H9F3. The standard InChI is InChI=1S/C5H9F3/c1-2-4(7)5(8)3-6/h4-5H,2-3H2,1H3. The Morgan fingerprint density at radius 2 is 1.75 bits per heavy atom. The van der Waals surface area contributed by atoms with Crippen LogP contribution in [0.2, 0.25) is 0 Å². The molecule has 0 amide bonds. The minimum atomic E-state index is -1.92. The Bertz CT molecular complexity index is 47.6. The first-order valence-corrected chi connectivity index (χ1v) is 2.56. The molecule has 0 aliphatic carbocycles. The lowest BCUT2D eigenvalue weighted by atomic mass is 10.2. The zero-order chi connectivity index (χ0) is 6.57. The van der Waals surface area contributed by atoms with Crippen molar-refractivity contribution < 1.29 is 13.2 Å². The monoisotopic (exact) mass is 126 g/mol. The molecule has 0 rings (SSSR count). The highest BCUT2D eigenvalue weighted by Gasteiger charge is 2.16. The summed E-state index contributed by atoms with van der Waals surface area (Å²) in [5.41, 5.74) is 0. The molecule has 2 unspecified atom stereocenters. The molecule has 0 heterocycles. The van der Waals surface area contributed by atoms with Gasteiger partial charge in [-0.05, 0) is 6.42 Å². The van der Waals surface area contributed by atoms with E-state index in [9.17, 15) is 13.2 Å². The molecule has 8 heavy (non-hydrogen) atoms. The molecule has 0 aromatic heterocycles. The van der Waals surface area contributed by atoms with Crippen LogP contribution in [0.1, 0.15) is 13.3 Å². The van der Waals surface area contributed by atoms with Crippen LogP contribution in [-0.4, -0.2) is 19.0 Å². The highest BCUT2D eigenvalue weighted by Crippen LogP contribution is 2.07. The summed E-state index contributed by atoms with van der Waals surface area (Å²) in [7, 11) is 0. The van der Waals surface area contributed by atoms with E-state index < -0.39 is 19.0 Å². The van der Waals surface area contributed by atoms with E-state index in [1.54, 1.807) is 0 Å². The molecule has 0 nitrogen and oxygen atoms in total. The van der Waals surface area contributed by atoms with Gasteiger partial charge in [-0.15, -0.1) is 0 Å². The first-order valence-electron chi connectivity index (χ1n) is 2.56. The van der Waals surface area contributed by atoms with Gasteiger partial charge < -0.3 is 0 Å². The summed E-state index contributed by atoms with van der Waals surface area (Å²) in [6.07, 6.45) is -3.49. The SMILES string of the molecule is CCC(F)C(F)CF. The first-order chi connectivity index (χ1) is 3.72. The smallest absolute Gasteiger partial charge is 0.159 e. The summed E-state index contributed by atoms with van der Waals surface area (Å²) in [6, 6.07) is 0. The van der Waals surface area contributed by atoms with Gasteiger partial charge in [-0.2, -0.15) is 0 Å². The maximum Gasteiger partial charge on any atom is 0.159 e. The predicted octanol–water partition coefficient (Wildman–Crippen LogP) is 2.04. The number of rotatable bonds is 3. The van der Waals surface area contributed by atoms with Crippen LogP contribution >= 0.6 is 0 Å². The maximum atomic E-state index is 11.9. The summed E-state index contributed by atoms with van der Waals surface area (Å²) < 4.78 is 34.9. The van der Waals surface area contributed by atoms with E-state index in [1.165, 1.54) is 6.92 Å². The van der Waals surface area contributed by atoms with Gasteiger partial charge >= 0.3 is 0 Å². The van der Waals surface area contributed by atoms with E-state index in [0.717, 1.165) is 0 Å². The van der Waals surface area contributed by atoms with Crippen LogP contribution in [0.25, 0.3) is 0 Å². The van der Waals surface area contributed by atoms with Gasteiger partial charge in [0.15, 0.2) is 6.17 Å². The second-order valence-corrected chi connectivity index (χ2v) is 1.59. The fourth-order valence-corrected chi connectivity index (χ4v) is 0.352. The molecule has 0 saturated carbocycles. The van der Waals surface area contributed by atoms with Crippen molar-refractivity contribution in [3.8, 4) is 0 Å². The lowest BCUT2D eigenvalue weighted by Crippen LogP contribution is -2.17.